The number of carbonyl (C=O) groups is 1. The molecule has 1 aromatic heterocycles. The highest BCUT2D eigenvalue weighted by Gasteiger charge is 2.23. The highest BCUT2D eigenvalue weighted by atomic mass is 19.1. The lowest BCUT2D eigenvalue weighted by molar-refractivity contribution is 0.0999. The van der Waals surface area contributed by atoms with Gasteiger partial charge in [0.05, 0.1) is 32.2 Å². The molecule has 1 heterocycles. The number of nitrogens with one attached hydrogen (secondary N) is 1. The third-order valence-corrected chi connectivity index (χ3v) is 5.10. The summed E-state index contributed by atoms with van der Waals surface area (Å²) in [5.41, 5.74) is 1.45. The fraction of sp³-hybridized carbons (Fsp3) is 0.125. The van der Waals surface area contributed by atoms with Gasteiger partial charge in [0, 0.05) is 5.56 Å². The molecule has 1 N–H and O–H groups in total. The SMILES string of the molecule is COc1cc(-c2nc3ccccc3c(=O)n2NC(=O)c2c(F)cccc2F)cc(OC)c1OC. The van der Waals surface area contributed by atoms with Gasteiger partial charge in [0.1, 0.15) is 17.2 Å². The van der Waals surface area contributed by atoms with Crippen LogP contribution in [-0.2, 0) is 0 Å². The van der Waals surface area contributed by atoms with E-state index in [2.05, 4.69) is 10.4 Å². The van der Waals surface area contributed by atoms with E-state index in [1.54, 1.807) is 18.2 Å². The largest absolute Gasteiger partial charge is 0.493 e. The normalized spacial score (nSPS) is 10.7. The minimum absolute atomic E-state index is 0.0203. The number of nitrogens with zero attached hydrogens (tertiary/aromatic N) is 2. The molecule has 0 aliphatic carbocycles. The zero-order valence-corrected chi connectivity index (χ0v) is 18.4. The number of hydrogen-bond donors (Lipinski definition) is 1. The van der Waals surface area contributed by atoms with Crippen LogP contribution in [0.15, 0.2) is 59.4 Å². The first-order valence-corrected chi connectivity index (χ1v) is 9.97. The summed E-state index contributed by atoms with van der Waals surface area (Å²) in [5.74, 6) is -2.48. The molecule has 0 aliphatic heterocycles. The summed E-state index contributed by atoms with van der Waals surface area (Å²) in [6.45, 7) is 0. The van der Waals surface area contributed by atoms with Crippen LogP contribution in [-0.4, -0.2) is 36.9 Å². The van der Waals surface area contributed by atoms with Gasteiger partial charge in [0.25, 0.3) is 11.5 Å². The summed E-state index contributed by atoms with van der Waals surface area (Å²) in [4.78, 5) is 30.7. The number of fused-ring (bicyclic) bond motifs is 1. The Morgan fingerprint density at radius 2 is 1.53 bits per heavy atom. The minimum atomic E-state index is -1.16. The number of methoxy groups -OCH3 is 3. The standard InChI is InChI=1S/C24H19F2N3O5/c1-32-18-11-13(12-19(33-2)21(18)34-3)22-27-17-10-5-4-7-14(17)24(31)29(22)28-23(30)20-15(25)8-6-9-16(20)26/h4-12H,1-3H3,(H,28,30). The van der Waals surface area contributed by atoms with Gasteiger partial charge in [-0.15, -0.1) is 0 Å². The van der Waals surface area contributed by atoms with Crippen molar-refractivity contribution in [3.63, 3.8) is 0 Å². The first-order chi connectivity index (χ1) is 16.4. The highest BCUT2D eigenvalue weighted by molar-refractivity contribution is 6.01. The Bertz CT molecular complexity index is 1420. The fourth-order valence-corrected chi connectivity index (χ4v) is 3.51. The molecule has 0 unspecified atom stereocenters. The van der Waals surface area contributed by atoms with Crippen molar-refractivity contribution in [2.45, 2.75) is 0 Å². The van der Waals surface area contributed by atoms with Gasteiger partial charge in [-0.05, 0) is 36.4 Å². The molecule has 3 aromatic carbocycles. The molecule has 8 nitrogen and oxygen atoms in total. The van der Waals surface area contributed by atoms with Gasteiger partial charge in [-0.1, -0.05) is 18.2 Å². The molecule has 0 saturated carbocycles. The van der Waals surface area contributed by atoms with E-state index in [1.807, 2.05) is 0 Å². The van der Waals surface area contributed by atoms with Gasteiger partial charge >= 0.3 is 0 Å². The number of aromatic nitrogens is 2. The number of rotatable bonds is 6. The maximum atomic E-state index is 14.2. The predicted molar refractivity (Wildman–Crippen MR) is 121 cm³/mol. The summed E-state index contributed by atoms with van der Waals surface area (Å²) < 4.78 is 45.3. The number of carbonyl (C=O) groups excluding carboxylic acids is 1. The molecule has 0 fully saturated rings. The van der Waals surface area contributed by atoms with Crippen LogP contribution in [0, 0.1) is 11.6 Å². The molecule has 0 spiro atoms. The van der Waals surface area contributed by atoms with Gasteiger partial charge in [-0.2, -0.15) is 4.68 Å². The molecule has 0 atom stereocenters. The molecule has 4 aromatic rings. The lowest BCUT2D eigenvalue weighted by atomic mass is 10.1. The lowest BCUT2D eigenvalue weighted by Crippen LogP contribution is -2.36. The quantitative estimate of drug-likeness (QED) is 0.465. The summed E-state index contributed by atoms with van der Waals surface area (Å²) in [6.07, 6.45) is 0. The van der Waals surface area contributed by atoms with E-state index in [1.165, 1.54) is 39.5 Å². The Morgan fingerprint density at radius 1 is 0.912 bits per heavy atom. The predicted octanol–water partition coefficient (Wildman–Crippen LogP) is 3.75. The molecule has 10 heteroatoms. The van der Waals surface area contributed by atoms with E-state index >= 15 is 0 Å². The zero-order chi connectivity index (χ0) is 24.4. The van der Waals surface area contributed by atoms with Crippen LogP contribution in [0.25, 0.3) is 22.3 Å². The number of hydrogen-bond acceptors (Lipinski definition) is 6. The van der Waals surface area contributed by atoms with Crippen LogP contribution >= 0.6 is 0 Å². The second kappa shape index (κ2) is 9.18. The van der Waals surface area contributed by atoms with Crippen molar-refractivity contribution in [1.82, 2.24) is 9.66 Å². The first kappa shape index (κ1) is 22.7. The Morgan fingerprint density at radius 3 is 2.12 bits per heavy atom. The second-order valence-corrected chi connectivity index (χ2v) is 7.04. The van der Waals surface area contributed by atoms with E-state index in [4.69, 9.17) is 14.2 Å². The molecule has 0 bridgehead atoms. The van der Waals surface area contributed by atoms with Crippen molar-refractivity contribution in [1.29, 1.82) is 0 Å². The summed E-state index contributed by atoms with van der Waals surface area (Å²) in [7, 11) is 4.28. The number of benzene rings is 3. The van der Waals surface area contributed by atoms with E-state index in [9.17, 15) is 18.4 Å². The number of amides is 1. The van der Waals surface area contributed by atoms with Gasteiger partial charge in [0.15, 0.2) is 17.3 Å². The number of halogens is 2. The molecule has 34 heavy (non-hydrogen) atoms. The van der Waals surface area contributed by atoms with Crippen LogP contribution in [0.1, 0.15) is 10.4 Å². The molecule has 1 amide bonds. The van der Waals surface area contributed by atoms with Crippen molar-refractivity contribution >= 4 is 16.8 Å². The van der Waals surface area contributed by atoms with E-state index in [-0.39, 0.29) is 22.7 Å². The molecule has 0 aliphatic rings. The summed E-state index contributed by atoms with van der Waals surface area (Å²) >= 11 is 0. The minimum Gasteiger partial charge on any atom is -0.493 e. The maximum absolute atomic E-state index is 14.2. The van der Waals surface area contributed by atoms with Crippen molar-refractivity contribution in [3.05, 3.63) is 82.1 Å². The van der Waals surface area contributed by atoms with Crippen molar-refractivity contribution in [3.8, 4) is 28.6 Å². The topological polar surface area (TPSA) is 91.7 Å². The molecule has 4 rings (SSSR count). The van der Waals surface area contributed by atoms with Crippen molar-refractivity contribution in [2.75, 3.05) is 26.8 Å². The van der Waals surface area contributed by atoms with Gasteiger partial charge in [-0.3, -0.25) is 15.0 Å². The zero-order valence-electron chi connectivity index (χ0n) is 18.4. The Kier molecular flexibility index (Phi) is 6.13. The highest BCUT2D eigenvalue weighted by Crippen LogP contribution is 2.40. The summed E-state index contributed by atoms with van der Waals surface area (Å²) in [5, 5.41) is 0.188. The Balaban J connectivity index is 1.97. The molecular weight excluding hydrogens is 448 g/mol. The van der Waals surface area contributed by atoms with Crippen LogP contribution in [0.3, 0.4) is 0 Å². The Labute approximate surface area is 192 Å². The third-order valence-electron chi connectivity index (χ3n) is 5.10. The van der Waals surface area contributed by atoms with Crippen molar-refractivity contribution < 1.29 is 27.8 Å². The van der Waals surface area contributed by atoms with Gasteiger partial charge in [0.2, 0.25) is 5.75 Å². The molecular formula is C24H19F2N3O5. The average Bonchev–Trinajstić information content (AvgIpc) is 2.84. The summed E-state index contributed by atoms with van der Waals surface area (Å²) in [6, 6.07) is 12.6. The second-order valence-electron chi connectivity index (χ2n) is 7.04. The first-order valence-electron chi connectivity index (χ1n) is 9.97. The average molecular weight is 467 g/mol. The van der Waals surface area contributed by atoms with E-state index < -0.39 is 28.7 Å². The monoisotopic (exact) mass is 467 g/mol. The third kappa shape index (κ3) is 3.90. The fourth-order valence-electron chi connectivity index (χ4n) is 3.51. The van der Waals surface area contributed by atoms with E-state index in [0.717, 1.165) is 22.9 Å². The molecule has 0 radical (unpaired) electrons. The van der Waals surface area contributed by atoms with E-state index in [0.29, 0.717) is 16.8 Å². The van der Waals surface area contributed by atoms with Crippen LogP contribution in [0.2, 0.25) is 0 Å². The van der Waals surface area contributed by atoms with Crippen LogP contribution < -0.4 is 25.2 Å². The van der Waals surface area contributed by atoms with Crippen molar-refractivity contribution in [2.24, 2.45) is 0 Å². The smallest absolute Gasteiger partial charge is 0.280 e. The number of ether oxygens (including phenoxy) is 3. The maximum Gasteiger partial charge on any atom is 0.280 e. The molecule has 0 saturated heterocycles. The Hall–Kier alpha value is -4.47. The lowest BCUT2D eigenvalue weighted by Gasteiger charge is -2.18. The van der Waals surface area contributed by atoms with Gasteiger partial charge in [-0.25, -0.2) is 13.8 Å². The van der Waals surface area contributed by atoms with Crippen LogP contribution in [0.5, 0.6) is 17.2 Å². The van der Waals surface area contributed by atoms with Crippen LogP contribution in [0.4, 0.5) is 8.78 Å². The molecule has 174 valence electrons. The van der Waals surface area contributed by atoms with Gasteiger partial charge < -0.3 is 14.2 Å². The number of para-hydroxylation sites is 1.